The Bertz CT molecular complexity index is 2360. The van der Waals surface area contributed by atoms with Crippen molar-refractivity contribution in [2.45, 2.75) is 61.2 Å². The third-order valence-electron chi connectivity index (χ3n) is 10.8. The normalized spacial score (nSPS) is 11.8. The van der Waals surface area contributed by atoms with Crippen LogP contribution >= 0.6 is 0 Å². The number of hydrogen-bond acceptors (Lipinski definition) is 5. The first-order valence-electron chi connectivity index (χ1n) is 20.1. The van der Waals surface area contributed by atoms with Gasteiger partial charge >= 0.3 is 0 Å². The topological polar surface area (TPSA) is 76.0 Å². The van der Waals surface area contributed by atoms with Crippen molar-refractivity contribution in [3.8, 4) is 17.2 Å². The Morgan fingerprint density at radius 2 is 0.741 bits per heavy atom. The minimum atomic E-state index is 0.290. The van der Waals surface area contributed by atoms with E-state index in [1.807, 2.05) is 81.5 Å². The number of aromatic hydroxyl groups is 3. The lowest BCUT2D eigenvalue weighted by Gasteiger charge is -2.24. The molecule has 0 saturated heterocycles. The Morgan fingerprint density at radius 3 is 1.12 bits per heavy atom. The van der Waals surface area contributed by atoms with Gasteiger partial charge in [-0.3, -0.25) is 4.90 Å². The maximum absolute atomic E-state index is 11.1. The zero-order valence-corrected chi connectivity index (χ0v) is 34.7. The molecular weight excluding hydrogens is 713 g/mol. The third-order valence-corrected chi connectivity index (χ3v) is 10.8. The van der Waals surface area contributed by atoms with Gasteiger partial charge in [0.05, 0.1) is 0 Å². The average molecular weight is 769 g/mol. The quantitative estimate of drug-likeness (QED) is 0.0618. The zero-order valence-electron chi connectivity index (χ0n) is 34.7. The van der Waals surface area contributed by atoms with Crippen LogP contribution in [-0.4, -0.2) is 33.3 Å². The first-order chi connectivity index (χ1) is 27.9. The Kier molecular flexibility index (Phi) is 13.8. The summed E-state index contributed by atoms with van der Waals surface area (Å²) in [6.45, 7) is 15.6. The smallest absolute Gasteiger partial charge is 0.125 e. The Morgan fingerprint density at radius 1 is 0.414 bits per heavy atom. The summed E-state index contributed by atoms with van der Waals surface area (Å²) in [5, 5.41) is 36.7. The highest BCUT2D eigenvalue weighted by molar-refractivity contribution is 5.76. The van der Waals surface area contributed by atoms with Crippen LogP contribution in [0, 0.1) is 41.5 Å². The maximum Gasteiger partial charge on any atom is 0.125 e. The van der Waals surface area contributed by atoms with Crippen LogP contribution in [0.2, 0.25) is 0 Å². The van der Waals surface area contributed by atoms with Gasteiger partial charge in [-0.25, -0.2) is 0 Å². The molecule has 0 unspecified atom stereocenters. The fourth-order valence-electron chi connectivity index (χ4n) is 7.38. The van der Waals surface area contributed by atoms with Crippen LogP contribution in [-0.2, 0) is 19.6 Å². The first kappa shape index (κ1) is 41.5. The molecule has 0 amide bonds. The second-order valence-electron chi connectivity index (χ2n) is 15.5. The molecule has 4 N–H and O–H groups in total. The van der Waals surface area contributed by atoms with Gasteiger partial charge in [0.15, 0.2) is 0 Å². The molecule has 0 aromatic heterocycles. The number of rotatable bonds is 15. The van der Waals surface area contributed by atoms with Crippen LogP contribution in [0.25, 0.3) is 36.5 Å². The molecule has 6 aromatic rings. The van der Waals surface area contributed by atoms with Crippen molar-refractivity contribution in [1.82, 2.24) is 10.2 Å². The van der Waals surface area contributed by atoms with E-state index in [0.717, 1.165) is 79.9 Å². The lowest BCUT2D eigenvalue weighted by Crippen LogP contribution is -2.31. The summed E-state index contributed by atoms with van der Waals surface area (Å²) < 4.78 is 0. The number of nitrogens with zero attached hydrogens (tertiary/aromatic N) is 1. The fraction of sp³-hybridized carbons (Fsp3) is 0.208. The summed E-state index contributed by atoms with van der Waals surface area (Å²) in [6.07, 6.45) is 12.2. The van der Waals surface area contributed by atoms with Gasteiger partial charge in [-0.05, 0) is 127 Å². The number of phenols is 3. The number of benzene rings is 6. The first-order valence-corrected chi connectivity index (χ1v) is 20.1. The molecule has 5 heteroatoms. The Balaban J connectivity index is 1.23. The van der Waals surface area contributed by atoms with Gasteiger partial charge in [-0.15, -0.1) is 0 Å². The van der Waals surface area contributed by atoms with Crippen molar-refractivity contribution >= 4 is 36.5 Å². The fourth-order valence-corrected chi connectivity index (χ4v) is 7.38. The number of aryl methyl sites for hydroxylation is 6. The van der Waals surface area contributed by atoms with E-state index in [9.17, 15) is 15.3 Å². The van der Waals surface area contributed by atoms with Crippen molar-refractivity contribution in [3.05, 3.63) is 193 Å². The number of nitrogens with one attached hydrogen (secondary N) is 1. The number of hydrogen-bond donors (Lipinski definition) is 4. The summed E-state index contributed by atoms with van der Waals surface area (Å²) >= 11 is 0. The Hall–Kier alpha value is -6.14. The van der Waals surface area contributed by atoms with Gasteiger partial charge < -0.3 is 20.6 Å². The van der Waals surface area contributed by atoms with E-state index >= 15 is 0 Å². The van der Waals surface area contributed by atoms with E-state index in [0.29, 0.717) is 36.9 Å². The molecule has 0 radical (unpaired) electrons. The summed E-state index contributed by atoms with van der Waals surface area (Å²) in [5.41, 5.74) is 15.1. The van der Waals surface area contributed by atoms with Gasteiger partial charge in [-0.1, -0.05) is 127 Å². The molecule has 5 nitrogen and oxygen atoms in total. The van der Waals surface area contributed by atoms with E-state index < -0.39 is 0 Å². The van der Waals surface area contributed by atoms with Crippen molar-refractivity contribution < 1.29 is 15.3 Å². The minimum Gasteiger partial charge on any atom is -0.507 e. The van der Waals surface area contributed by atoms with Crippen molar-refractivity contribution in [2.75, 3.05) is 13.1 Å². The van der Waals surface area contributed by atoms with Gasteiger partial charge in [0.25, 0.3) is 0 Å². The van der Waals surface area contributed by atoms with E-state index in [2.05, 4.69) is 116 Å². The lowest BCUT2D eigenvalue weighted by molar-refractivity contribution is 0.256. The van der Waals surface area contributed by atoms with E-state index in [4.69, 9.17) is 0 Å². The highest BCUT2D eigenvalue weighted by Gasteiger charge is 2.14. The minimum absolute atomic E-state index is 0.290. The van der Waals surface area contributed by atoms with Crippen LogP contribution in [0.1, 0.15) is 83.5 Å². The zero-order chi connectivity index (χ0) is 41.2. The molecule has 0 aliphatic carbocycles. The molecule has 0 saturated carbocycles. The molecule has 0 atom stereocenters. The molecule has 6 aromatic carbocycles. The molecule has 0 bridgehead atoms. The Labute approximate surface area is 345 Å². The van der Waals surface area contributed by atoms with Crippen molar-refractivity contribution in [1.29, 1.82) is 0 Å². The molecule has 6 rings (SSSR count). The van der Waals surface area contributed by atoms with E-state index in [1.165, 1.54) is 16.7 Å². The van der Waals surface area contributed by atoms with Crippen LogP contribution < -0.4 is 5.32 Å². The van der Waals surface area contributed by atoms with Gasteiger partial charge in [-0.2, -0.15) is 0 Å². The standard InChI is InChI=1S/C53H56N2O3/c1-36-13-7-10-16-45(36)19-22-48-30-42(27-39(4)51(48)56)33-54-25-26-55(34-43-28-40(5)52(57)49(31-43)23-20-46-17-11-8-14-37(46)2)35-44-29-41(6)53(58)50(32-44)24-21-47-18-12-9-15-38(47)3/h7-24,27-32,54,56-58H,25-26,33-35H2,1-6H3/b22-19+,23-20+,24-21+. The summed E-state index contributed by atoms with van der Waals surface area (Å²) in [6, 6.07) is 37.1. The highest BCUT2D eigenvalue weighted by Crippen LogP contribution is 2.30. The van der Waals surface area contributed by atoms with Crippen LogP contribution in [0.5, 0.6) is 17.2 Å². The van der Waals surface area contributed by atoms with Gasteiger partial charge in [0.2, 0.25) is 0 Å². The van der Waals surface area contributed by atoms with Gasteiger partial charge in [0.1, 0.15) is 17.2 Å². The largest absolute Gasteiger partial charge is 0.507 e. The second-order valence-corrected chi connectivity index (χ2v) is 15.5. The highest BCUT2D eigenvalue weighted by atomic mass is 16.3. The summed E-state index contributed by atoms with van der Waals surface area (Å²) in [5.74, 6) is 0.881. The predicted molar refractivity (Wildman–Crippen MR) is 245 cm³/mol. The molecular formula is C53H56N2O3. The predicted octanol–water partition coefficient (Wildman–Crippen LogP) is 12.0. The molecule has 0 aliphatic rings. The number of phenolic OH excluding ortho intramolecular Hbond substituents is 3. The van der Waals surface area contributed by atoms with Crippen molar-refractivity contribution in [3.63, 3.8) is 0 Å². The van der Waals surface area contributed by atoms with Gasteiger partial charge in [0, 0.05) is 49.4 Å². The lowest BCUT2D eigenvalue weighted by atomic mass is 10.0. The van der Waals surface area contributed by atoms with Crippen LogP contribution in [0.3, 0.4) is 0 Å². The maximum atomic E-state index is 11.1. The molecule has 0 heterocycles. The molecule has 58 heavy (non-hydrogen) atoms. The van der Waals surface area contributed by atoms with E-state index in [1.54, 1.807) is 0 Å². The monoisotopic (exact) mass is 768 g/mol. The average Bonchev–Trinajstić information content (AvgIpc) is 3.20. The molecule has 296 valence electrons. The summed E-state index contributed by atoms with van der Waals surface area (Å²) in [4.78, 5) is 2.41. The molecule has 0 spiro atoms. The SMILES string of the molecule is Cc1ccccc1/C=C/c1cc(CNCCN(Cc2cc(C)c(O)c(/C=C/c3ccccc3C)c2)Cc2cc(C)c(O)c(/C=C/c3ccccc3C)c2)cc(C)c1O. The summed E-state index contributed by atoms with van der Waals surface area (Å²) in [7, 11) is 0. The van der Waals surface area contributed by atoms with Crippen LogP contribution in [0.15, 0.2) is 109 Å². The van der Waals surface area contributed by atoms with Crippen LogP contribution in [0.4, 0.5) is 0 Å². The van der Waals surface area contributed by atoms with Crippen molar-refractivity contribution in [2.24, 2.45) is 0 Å². The molecule has 0 aliphatic heterocycles. The second kappa shape index (κ2) is 19.3. The molecule has 0 fully saturated rings. The van der Waals surface area contributed by atoms with E-state index in [-0.39, 0.29) is 0 Å². The third kappa shape index (κ3) is 10.8.